The fourth-order valence-electron chi connectivity index (χ4n) is 1.00. The van der Waals surface area contributed by atoms with E-state index in [0.29, 0.717) is 5.75 Å². The van der Waals surface area contributed by atoms with E-state index >= 15 is 0 Å². The van der Waals surface area contributed by atoms with Gasteiger partial charge in [0.05, 0.1) is 0 Å². The summed E-state index contributed by atoms with van der Waals surface area (Å²) in [5.41, 5.74) is 0.993. The lowest BCUT2D eigenvalue weighted by Crippen LogP contribution is -2.17. The van der Waals surface area contributed by atoms with Crippen LogP contribution < -0.4 is 4.74 Å². The third kappa shape index (κ3) is 4.26. The predicted molar refractivity (Wildman–Crippen MR) is 53.4 cm³/mol. The zero-order valence-corrected chi connectivity index (χ0v) is 8.65. The SMILES string of the molecule is CC(=O)OCC(=O)Oc1cccc(C)c1. The van der Waals surface area contributed by atoms with E-state index in [0.717, 1.165) is 5.56 Å². The molecule has 0 fully saturated rings. The molecule has 0 amide bonds. The number of hydrogen-bond donors (Lipinski definition) is 0. The van der Waals surface area contributed by atoms with E-state index in [1.165, 1.54) is 6.92 Å². The van der Waals surface area contributed by atoms with Crippen molar-refractivity contribution >= 4 is 11.9 Å². The molecule has 80 valence electrons. The lowest BCUT2D eigenvalue weighted by molar-refractivity contribution is -0.152. The van der Waals surface area contributed by atoms with Gasteiger partial charge in [-0.1, -0.05) is 12.1 Å². The van der Waals surface area contributed by atoms with Gasteiger partial charge in [-0.2, -0.15) is 0 Å². The molecule has 0 unspecified atom stereocenters. The number of aryl methyl sites for hydroxylation is 1. The van der Waals surface area contributed by atoms with Crippen molar-refractivity contribution in [1.29, 1.82) is 0 Å². The van der Waals surface area contributed by atoms with Gasteiger partial charge in [0.2, 0.25) is 0 Å². The van der Waals surface area contributed by atoms with E-state index in [1.807, 2.05) is 13.0 Å². The summed E-state index contributed by atoms with van der Waals surface area (Å²) in [7, 11) is 0. The highest BCUT2D eigenvalue weighted by molar-refractivity contribution is 5.77. The second kappa shape index (κ2) is 5.14. The standard InChI is InChI=1S/C11H12O4/c1-8-4-3-5-10(6-8)15-11(13)7-14-9(2)12/h3-6H,7H2,1-2H3. The van der Waals surface area contributed by atoms with E-state index in [1.54, 1.807) is 18.2 Å². The van der Waals surface area contributed by atoms with Gasteiger partial charge in [-0.25, -0.2) is 4.79 Å². The molecule has 0 heterocycles. The van der Waals surface area contributed by atoms with E-state index in [9.17, 15) is 9.59 Å². The van der Waals surface area contributed by atoms with Crippen molar-refractivity contribution in [3.63, 3.8) is 0 Å². The maximum atomic E-state index is 11.1. The van der Waals surface area contributed by atoms with Crippen molar-refractivity contribution in [2.45, 2.75) is 13.8 Å². The van der Waals surface area contributed by atoms with Crippen LogP contribution in [0.2, 0.25) is 0 Å². The number of ether oxygens (including phenoxy) is 2. The van der Waals surface area contributed by atoms with Crippen molar-refractivity contribution in [2.24, 2.45) is 0 Å². The van der Waals surface area contributed by atoms with Crippen LogP contribution in [-0.2, 0) is 14.3 Å². The molecule has 4 heteroatoms. The van der Waals surface area contributed by atoms with Crippen molar-refractivity contribution in [3.8, 4) is 5.75 Å². The monoisotopic (exact) mass is 208 g/mol. The maximum Gasteiger partial charge on any atom is 0.349 e. The minimum Gasteiger partial charge on any atom is -0.454 e. The Labute approximate surface area is 87.8 Å². The van der Waals surface area contributed by atoms with Gasteiger partial charge >= 0.3 is 11.9 Å². The molecule has 1 aromatic rings. The highest BCUT2D eigenvalue weighted by atomic mass is 16.6. The second-order valence-electron chi connectivity index (χ2n) is 3.07. The van der Waals surface area contributed by atoms with Gasteiger partial charge in [0, 0.05) is 6.92 Å². The third-order valence-electron chi connectivity index (χ3n) is 1.61. The van der Waals surface area contributed by atoms with Gasteiger partial charge in [0.15, 0.2) is 6.61 Å². The minimum atomic E-state index is -0.587. The highest BCUT2D eigenvalue weighted by Gasteiger charge is 2.06. The zero-order valence-electron chi connectivity index (χ0n) is 8.65. The number of esters is 2. The first-order chi connectivity index (χ1) is 7.08. The second-order valence-corrected chi connectivity index (χ2v) is 3.07. The number of benzene rings is 1. The van der Waals surface area contributed by atoms with Crippen LogP contribution in [0.25, 0.3) is 0 Å². The summed E-state index contributed by atoms with van der Waals surface area (Å²) in [6.07, 6.45) is 0. The predicted octanol–water partition coefficient (Wildman–Crippen LogP) is 1.46. The normalized spacial score (nSPS) is 9.47. The summed E-state index contributed by atoms with van der Waals surface area (Å²) in [4.78, 5) is 21.6. The number of hydrogen-bond acceptors (Lipinski definition) is 4. The molecule has 0 radical (unpaired) electrons. The summed E-state index contributed by atoms with van der Waals surface area (Å²) in [5, 5.41) is 0. The lowest BCUT2D eigenvalue weighted by Gasteiger charge is -2.04. The van der Waals surface area contributed by atoms with Crippen LogP contribution in [0.5, 0.6) is 5.75 Å². The Morgan fingerprint density at radius 2 is 2.07 bits per heavy atom. The summed E-state index contributed by atoms with van der Waals surface area (Å²) in [6.45, 7) is 2.77. The molecule has 0 aromatic heterocycles. The van der Waals surface area contributed by atoms with Gasteiger partial charge in [-0.05, 0) is 24.6 Å². The van der Waals surface area contributed by atoms with Crippen LogP contribution in [0.15, 0.2) is 24.3 Å². The van der Waals surface area contributed by atoms with Gasteiger partial charge in [-0.3, -0.25) is 4.79 Å². The molecule has 0 N–H and O–H groups in total. The van der Waals surface area contributed by atoms with Crippen molar-refractivity contribution in [3.05, 3.63) is 29.8 Å². The molecule has 4 nitrogen and oxygen atoms in total. The van der Waals surface area contributed by atoms with E-state index < -0.39 is 11.9 Å². The third-order valence-corrected chi connectivity index (χ3v) is 1.61. The Morgan fingerprint density at radius 3 is 2.67 bits per heavy atom. The molecular formula is C11H12O4. The summed E-state index contributed by atoms with van der Waals surface area (Å²) < 4.78 is 9.42. The molecule has 0 aliphatic carbocycles. The van der Waals surface area contributed by atoms with Crippen LogP contribution in [0.1, 0.15) is 12.5 Å². The Balaban J connectivity index is 2.48. The van der Waals surface area contributed by atoms with Crippen molar-refractivity contribution < 1.29 is 19.1 Å². The molecule has 0 aliphatic rings. The van der Waals surface area contributed by atoms with E-state index in [4.69, 9.17) is 4.74 Å². The summed E-state index contributed by atoms with van der Waals surface area (Å²) in [5.74, 6) is -0.640. The van der Waals surface area contributed by atoms with Crippen LogP contribution in [0.3, 0.4) is 0 Å². The molecule has 0 spiro atoms. The van der Waals surface area contributed by atoms with Gasteiger partial charge in [0.1, 0.15) is 5.75 Å². The summed E-state index contributed by atoms with van der Waals surface area (Å²) in [6, 6.07) is 7.07. The molecular weight excluding hydrogens is 196 g/mol. The molecule has 0 saturated carbocycles. The van der Waals surface area contributed by atoms with Crippen LogP contribution >= 0.6 is 0 Å². The first-order valence-electron chi connectivity index (χ1n) is 4.48. The first kappa shape index (κ1) is 11.2. The Kier molecular flexibility index (Phi) is 3.85. The van der Waals surface area contributed by atoms with Gasteiger partial charge in [0.25, 0.3) is 0 Å². The van der Waals surface area contributed by atoms with Gasteiger partial charge in [-0.15, -0.1) is 0 Å². The quantitative estimate of drug-likeness (QED) is 0.557. The Hall–Kier alpha value is -1.84. The summed E-state index contributed by atoms with van der Waals surface area (Å²) >= 11 is 0. The molecule has 0 aliphatic heterocycles. The van der Waals surface area contributed by atoms with Gasteiger partial charge < -0.3 is 9.47 Å². The van der Waals surface area contributed by atoms with Crippen LogP contribution in [-0.4, -0.2) is 18.5 Å². The number of carbonyl (C=O) groups excluding carboxylic acids is 2. The smallest absolute Gasteiger partial charge is 0.349 e. The van der Waals surface area contributed by atoms with Crippen molar-refractivity contribution in [1.82, 2.24) is 0 Å². The average Bonchev–Trinajstić information content (AvgIpc) is 2.15. The van der Waals surface area contributed by atoms with Crippen LogP contribution in [0.4, 0.5) is 0 Å². The zero-order chi connectivity index (χ0) is 11.3. The molecule has 1 rings (SSSR count). The first-order valence-corrected chi connectivity index (χ1v) is 4.48. The maximum absolute atomic E-state index is 11.1. The largest absolute Gasteiger partial charge is 0.454 e. The molecule has 0 atom stereocenters. The van der Waals surface area contributed by atoms with Crippen molar-refractivity contribution in [2.75, 3.05) is 6.61 Å². The Bertz CT molecular complexity index is 371. The fraction of sp³-hybridized carbons (Fsp3) is 0.273. The van der Waals surface area contributed by atoms with E-state index in [-0.39, 0.29) is 6.61 Å². The Morgan fingerprint density at radius 1 is 1.33 bits per heavy atom. The van der Waals surface area contributed by atoms with Crippen LogP contribution in [0, 0.1) is 6.92 Å². The molecule has 0 saturated heterocycles. The topological polar surface area (TPSA) is 52.6 Å². The lowest BCUT2D eigenvalue weighted by atomic mass is 10.2. The molecule has 15 heavy (non-hydrogen) atoms. The molecule has 1 aromatic carbocycles. The fourth-order valence-corrected chi connectivity index (χ4v) is 1.00. The minimum absolute atomic E-state index is 0.358. The highest BCUT2D eigenvalue weighted by Crippen LogP contribution is 2.12. The number of carbonyl (C=O) groups is 2. The molecule has 0 bridgehead atoms. The average molecular weight is 208 g/mol. The number of rotatable bonds is 3. The van der Waals surface area contributed by atoms with E-state index in [2.05, 4.69) is 4.74 Å².